The third-order valence-corrected chi connectivity index (χ3v) is 18.8. The van der Waals surface area contributed by atoms with E-state index in [1.807, 2.05) is 18.2 Å². The molecule has 0 saturated heterocycles. The van der Waals surface area contributed by atoms with Crippen LogP contribution in [-0.4, -0.2) is 11.3 Å². The average Bonchev–Trinajstić information content (AvgIpc) is 3.27. The zero-order chi connectivity index (χ0) is 40.4. The van der Waals surface area contributed by atoms with Crippen LogP contribution in [0.25, 0.3) is 5.32 Å². The molecule has 0 aliphatic carbocycles. The molecule has 8 aromatic carbocycles. The Kier molecular flexibility index (Phi) is 18.8. The summed E-state index contributed by atoms with van der Waals surface area (Å²) in [6.45, 7) is 9.36. The summed E-state index contributed by atoms with van der Waals surface area (Å²) in [6.07, 6.45) is 0. The topological polar surface area (TPSA) is 14.1 Å². The molecule has 300 valence electrons. The molecule has 8 rings (SSSR count). The Balaban J connectivity index is 0.000000167. The van der Waals surface area contributed by atoms with E-state index in [1.54, 1.807) is 0 Å². The van der Waals surface area contributed by atoms with Crippen LogP contribution in [0.2, 0.25) is 0 Å². The van der Waals surface area contributed by atoms with Gasteiger partial charge in [-0.25, -0.2) is 0 Å². The van der Waals surface area contributed by atoms with Crippen molar-refractivity contribution in [1.82, 2.24) is 0 Å². The van der Waals surface area contributed by atoms with Crippen molar-refractivity contribution < 1.29 is 17.1 Å². The first-order valence-electron chi connectivity index (χ1n) is 20.3. The van der Waals surface area contributed by atoms with Gasteiger partial charge in [-0.1, -0.05) is 163 Å². The molecule has 5 heteroatoms. The zero-order valence-electron chi connectivity index (χ0n) is 34.4. The van der Waals surface area contributed by atoms with E-state index in [1.165, 1.54) is 37.1 Å². The SMILES string of the molecule is CC(C)[PH+](c1ccccc1[N-]c1ccccc1)C(C)C.[Cu+].c1ccc([PH+](c2ccccc2)c2ccccc2)cc1.c1ccc([PH+](c2ccccc2)c2ccccc2)cc1. The van der Waals surface area contributed by atoms with Gasteiger partial charge in [0, 0.05) is 7.92 Å². The fourth-order valence-electron chi connectivity index (χ4n) is 7.37. The van der Waals surface area contributed by atoms with Crippen LogP contribution in [0.3, 0.4) is 0 Å². The molecular formula is C54H56CuNP3+3. The van der Waals surface area contributed by atoms with E-state index in [0.29, 0.717) is 11.3 Å². The first-order valence-corrected chi connectivity index (χ1v) is 24.9. The third-order valence-electron chi connectivity index (χ3n) is 9.84. The molecule has 0 amide bonds. The summed E-state index contributed by atoms with van der Waals surface area (Å²) in [4.78, 5) is 0. The Morgan fingerprint density at radius 1 is 0.305 bits per heavy atom. The van der Waals surface area contributed by atoms with Crippen molar-refractivity contribution in [3.63, 3.8) is 0 Å². The summed E-state index contributed by atoms with van der Waals surface area (Å²) in [5.74, 6) is 0. The van der Waals surface area contributed by atoms with Gasteiger partial charge < -0.3 is 5.32 Å². The standard InChI is InChI=1S/C18H23NP.2C18H15P.Cu/c1-14(2)20(15(3)4)18-13-9-8-12-17(18)19-16-10-6-5-7-11-16;2*1-4-10-16(11-5-1)19(17-12-6-2-7-13-17)18-14-8-3-9-15-18;/h5-15H,1-4H3;2*1-15H;/q-1;;;+1/p+3. The number of benzene rings is 8. The van der Waals surface area contributed by atoms with E-state index in [4.69, 9.17) is 5.32 Å². The maximum atomic E-state index is 4.85. The van der Waals surface area contributed by atoms with E-state index < -0.39 is 23.8 Å². The molecule has 0 atom stereocenters. The van der Waals surface area contributed by atoms with Crippen LogP contribution in [-0.2, 0) is 17.1 Å². The van der Waals surface area contributed by atoms with Crippen molar-refractivity contribution in [1.29, 1.82) is 0 Å². The maximum Gasteiger partial charge on any atom is 1.00 e. The van der Waals surface area contributed by atoms with E-state index in [0.717, 1.165) is 11.4 Å². The van der Waals surface area contributed by atoms with Gasteiger partial charge in [0.15, 0.2) is 0 Å². The molecule has 0 radical (unpaired) electrons. The minimum atomic E-state index is -0.877. The summed E-state index contributed by atoms with van der Waals surface area (Å²) >= 11 is 0. The first-order chi connectivity index (χ1) is 28.5. The maximum absolute atomic E-state index is 4.85. The predicted molar refractivity (Wildman–Crippen MR) is 267 cm³/mol. The van der Waals surface area contributed by atoms with Crippen LogP contribution >= 0.6 is 23.8 Å². The first kappa shape index (κ1) is 45.5. The van der Waals surface area contributed by atoms with Gasteiger partial charge in [-0.15, -0.1) is 5.69 Å². The Hall–Kier alpha value is -4.63. The smallest absolute Gasteiger partial charge is 0.655 e. The number of hydrogen-bond donors (Lipinski definition) is 0. The number of nitrogens with zero attached hydrogens (tertiary/aromatic N) is 1. The van der Waals surface area contributed by atoms with Crippen molar-refractivity contribution in [2.24, 2.45) is 0 Å². The van der Waals surface area contributed by atoms with Gasteiger partial charge in [0.1, 0.15) is 31.8 Å². The summed E-state index contributed by atoms with van der Waals surface area (Å²) < 4.78 is 0. The van der Waals surface area contributed by atoms with Gasteiger partial charge in [-0.05, 0) is 107 Å². The molecule has 0 aliphatic heterocycles. The van der Waals surface area contributed by atoms with E-state index in [-0.39, 0.29) is 17.1 Å². The summed E-state index contributed by atoms with van der Waals surface area (Å²) in [7, 11) is -2.35. The molecule has 0 saturated carbocycles. The molecule has 0 heterocycles. The Bertz CT molecular complexity index is 2000. The monoisotopic (exact) mass is 874 g/mol. The van der Waals surface area contributed by atoms with Crippen LogP contribution in [0.4, 0.5) is 11.4 Å². The minimum Gasteiger partial charge on any atom is -0.655 e. The van der Waals surface area contributed by atoms with Crippen molar-refractivity contribution in [3.05, 3.63) is 242 Å². The molecule has 0 bridgehead atoms. The van der Waals surface area contributed by atoms with E-state index in [9.17, 15) is 0 Å². The van der Waals surface area contributed by atoms with Crippen LogP contribution in [0.15, 0.2) is 237 Å². The number of hydrogen-bond acceptors (Lipinski definition) is 0. The van der Waals surface area contributed by atoms with Crippen LogP contribution < -0.4 is 37.1 Å². The molecule has 0 spiro atoms. The second-order valence-corrected chi connectivity index (χ2v) is 23.4. The molecule has 0 N–H and O–H groups in total. The van der Waals surface area contributed by atoms with E-state index in [2.05, 4.69) is 246 Å². The van der Waals surface area contributed by atoms with Gasteiger partial charge in [0.25, 0.3) is 0 Å². The molecule has 1 nitrogen and oxygen atoms in total. The quantitative estimate of drug-likeness (QED) is 0.0908. The largest absolute Gasteiger partial charge is 1.00 e. The van der Waals surface area contributed by atoms with Gasteiger partial charge in [-0.2, -0.15) is 0 Å². The van der Waals surface area contributed by atoms with Gasteiger partial charge >= 0.3 is 17.1 Å². The zero-order valence-corrected chi connectivity index (χ0v) is 38.4. The van der Waals surface area contributed by atoms with Crippen molar-refractivity contribution in [3.8, 4) is 0 Å². The van der Waals surface area contributed by atoms with Crippen molar-refractivity contribution >= 4 is 72.3 Å². The molecule has 0 aromatic heterocycles. The second kappa shape index (κ2) is 24.5. The Morgan fingerprint density at radius 2 is 0.542 bits per heavy atom. The van der Waals surface area contributed by atoms with Crippen molar-refractivity contribution in [2.45, 2.75) is 39.0 Å². The Labute approximate surface area is 368 Å². The third kappa shape index (κ3) is 13.4. The molecule has 0 unspecified atom stereocenters. The van der Waals surface area contributed by atoms with Crippen molar-refractivity contribution in [2.75, 3.05) is 0 Å². The summed E-state index contributed by atoms with van der Waals surface area (Å²) in [6, 6.07) is 83.9. The van der Waals surface area contributed by atoms with E-state index >= 15 is 0 Å². The summed E-state index contributed by atoms with van der Waals surface area (Å²) in [5.41, 5.74) is 3.61. The van der Waals surface area contributed by atoms with Crippen LogP contribution in [0.5, 0.6) is 0 Å². The second-order valence-electron chi connectivity index (χ2n) is 14.7. The fourth-order valence-corrected chi connectivity index (χ4v) is 15.8. The molecule has 0 aliphatic rings. The average molecular weight is 876 g/mol. The van der Waals surface area contributed by atoms with Gasteiger partial charge in [0.05, 0.1) is 32.5 Å². The van der Waals surface area contributed by atoms with Crippen LogP contribution in [0, 0.1) is 0 Å². The van der Waals surface area contributed by atoms with Crippen LogP contribution in [0.1, 0.15) is 27.7 Å². The van der Waals surface area contributed by atoms with Gasteiger partial charge in [-0.3, -0.25) is 0 Å². The minimum absolute atomic E-state index is 0. The predicted octanol–water partition coefficient (Wildman–Crippen LogP) is 12.0. The summed E-state index contributed by atoms with van der Waals surface area (Å²) in [5, 5.41) is 14.9. The fraction of sp³-hybridized carbons (Fsp3) is 0.111. The molecule has 8 aromatic rings. The number of rotatable bonds is 11. The number of para-hydroxylation sites is 2. The molecule has 0 fully saturated rings. The normalized spacial score (nSPS) is 10.7. The molecule has 59 heavy (non-hydrogen) atoms. The van der Waals surface area contributed by atoms with Gasteiger partial charge in [0.2, 0.25) is 0 Å². The molecular weight excluding hydrogens is 819 g/mol. The Morgan fingerprint density at radius 3 is 0.814 bits per heavy atom.